The average Bonchev–Trinajstić information content (AvgIpc) is 2.47. The Balaban J connectivity index is 1.90. The highest BCUT2D eigenvalue weighted by Gasteiger charge is 2.31. The van der Waals surface area contributed by atoms with E-state index in [1.165, 1.54) is 38.5 Å². The zero-order valence-corrected chi connectivity index (χ0v) is 8.97. The molecule has 2 atom stereocenters. The maximum absolute atomic E-state index is 13.7. The average molecular weight is 199 g/mol. The molecule has 1 N–H and O–H groups in total. The van der Waals surface area contributed by atoms with E-state index in [1.807, 2.05) is 0 Å². The van der Waals surface area contributed by atoms with Crippen LogP contribution in [-0.4, -0.2) is 18.8 Å². The summed E-state index contributed by atoms with van der Waals surface area (Å²) in [5.41, 5.74) is 0. The molecule has 2 unspecified atom stereocenters. The van der Waals surface area contributed by atoms with Gasteiger partial charge >= 0.3 is 0 Å². The Morgan fingerprint density at radius 3 is 2.21 bits per heavy atom. The molecular weight excluding hydrogens is 177 g/mol. The maximum atomic E-state index is 13.7. The molecule has 1 heterocycles. The standard InChI is InChI=1S/C12H22FN/c13-11-8-5-9-14-12(11)10-6-3-1-2-4-7-10/h10-12,14H,1-9H2. The van der Waals surface area contributed by atoms with Gasteiger partial charge in [0.2, 0.25) is 0 Å². The van der Waals surface area contributed by atoms with E-state index in [9.17, 15) is 4.39 Å². The molecule has 1 saturated heterocycles. The van der Waals surface area contributed by atoms with Crippen molar-refractivity contribution in [3.8, 4) is 0 Å². The first-order valence-corrected chi connectivity index (χ1v) is 6.25. The van der Waals surface area contributed by atoms with Crippen molar-refractivity contribution < 1.29 is 4.39 Å². The van der Waals surface area contributed by atoms with Gasteiger partial charge in [-0.1, -0.05) is 25.7 Å². The highest BCUT2D eigenvalue weighted by atomic mass is 19.1. The summed E-state index contributed by atoms with van der Waals surface area (Å²) >= 11 is 0. The lowest BCUT2D eigenvalue weighted by atomic mass is 9.85. The predicted octanol–water partition coefficient (Wildman–Crippen LogP) is 3.05. The summed E-state index contributed by atoms with van der Waals surface area (Å²) in [5.74, 6) is 0.618. The molecule has 0 radical (unpaired) electrons. The topological polar surface area (TPSA) is 12.0 Å². The highest BCUT2D eigenvalue weighted by Crippen LogP contribution is 2.30. The quantitative estimate of drug-likeness (QED) is 0.640. The molecule has 82 valence electrons. The van der Waals surface area contributed by atoms with Crippen LogP contribution in [0.3, 0.4) is 0 Å². The number of hydrogen-bond donors (Lipinski definition) is 1. The van der Waals surface area contributed by atoms with Gasteiger partial charge in [-0.2, -0.15) is 0 Å². The first-order valence-electron chi connectivity index (χ1n) is 6.25. The van der Waals surface area contributed by atoms with Gasteiger partial charge in [-0.15, -0.1) is 0 Å². The first kappa shape index (κ1) is 10.4. The summed E-state index contributed by atoms with van der Waals surface area (Å²) in [7, 11) is 0. The molecule has 0 aromatic rings. The number of hydrogen-bond acceptors (Lipinski definition) is 1. The fourth-order valence-electron chi connectivity index (χ4n) is 3.01. The summed E-state index contributed by atoms with van der Waals surface area (Å²) in [6.07, 6.45) is 9.08. The van der Waals surface area contributed by atoms with Gasteiger partial charge in [-0.05, 0) is 38.1 Å². The summed E-state index contributed by atoms with van der Waals surface area (Å²) in [6.45, 7) is 1.03. The molecule has 14 heavy (non-hydrogen) atoms. The van der Waals surface area contributed by atoms with E-state index >= 15 is 0 Å². The Hall–Kier alpha value is -0.110. The van der Waals surface area contributed by atoms with E-state index in [1.54, 1.807) is 0 Å². The molecule has 1 aliphatic carbocycles. The summed E-state index contributed by atoms with van der Waals surface area (Å²) in [6, 6.07) is 0.182. The number of alkyl halides is 1. The third kappa shape index (κ3) is 2.47. The van der Waals surface area contributed by atoms with E-state index in [2.05, 4.69) is 5.32 Å². The van der Waals surface area contributed by atoms with Gasteiger partial charge in [-0.3, -0.25) is 0 Å². The van der Waals surface area contributed by atoms with Crippen LogP contribution in [0.5, 0.6) is 0 Å². The van der Waals surface area contributed by atoms with E-state index in [0.29, 0.717) is 5.92 Å². The predicted molar refractivity (Wildman–Crippen MR) is 57.1 cm³/mol. The largest absolute Gasteiger partial charge is 0.311 e. The summed E-state index contributed by atoms with van der Waals surface area (Å²) < 4.78 is 13.7. The zero-order valence-electron chi connectivity index (χ0n) is 8.97. The van der Waals surface area contributed by atoms with Crippen molar-refractivity contribution in [2.24, 2.45) is 5.92 Å². The van der Waals surface area contributed by atoms with Crippen molar-refractivity contribution in [2.75, 3.05) is 6.54 Å². The number of rotatable bonds is 1. The molecule has 0 spiro atoms. The van der Waals surface area contributed by atoms with Gasteiger partial charge in [0.25, 0.3) is 0 Å². The fourth-order valence-corrected chi connectivity index (χ4v) is 3.01. The molecular formula is C12H22FN. The zero-order chi connectivity index (χ0) is 9.80. The minimum Gasteiger partial charge on any atom is -0.311 e. The number of halogens is 1. The van der Waals surface area contributed by atoms with Crippen LogP contribution in [0.2, 0.25) is 0 Å². The van der Waals surface area contributed by atoms with E-state index < -0.39 is 6.17 Å². The van der Waals surface area contributed by atoms with Crippen molar-refractivity contribution >= 4 is 0 Å². The molecule has 1 nitrogen and oxygen atoms in total. The molecule has 1 aliphatic heterocycles. The molecule has 0 bridgehead atoms. The Morgan fingerprint density at radius 2 is 1.57 bits per heavy atom. The van der Waals surface area contributed by atoms with E-state index in [0.717, 1.165) is 19.4 Å². The fraction of sp³-hybridized carbons (Fsp3) is 1.00. The van der Waals surface area contributed by atoms with Crippen molar-refractivity contribution in [2.45, 2.75) is 63.6 Å². The minimum absolute atomic E-state index is 0.182. The van der Waals surface area contributed by atoms with Crippen LogP contribution in [0.15, 0.2) is 0 Å². The minimum atomic E-state index is -0.577. The molecule has 1 saturated carbocycles. The Bertz CT molecular complexity index is 164. The van der Waals surface area contributed by atoms with Gasteiger partial charge in [0.1, 0.15) is 6.17 Å². The normalized spacial score (nSPS) is 36.6. The third-order valence-corrected chi connectivity index (χ3v) is 3.83. The maximum Gasteiger partial charge on any atom is 0.116 e. The van der Waals surface area contributed by atoms with Crippen molar-refractivity contribution in [3.63, 3.8) is 0 Å². The molecule has 2 heteroatoms. The van der Waals surface area contributed by atoms with Gasteiger partial charge in [0.05, 0.1) is 0 Å². The monoisotopic (exact) mass is 199 g/mol. The van der Waals surface area contributed by atoms with Crippen molar-refractivity contribution in [1.29, 1.82) is 0 Å². The lowest BCUT2D eigenvalue weighted by molar-refractivity contribution is 0.143. The van der Waals surface area contributed by atoms with Gasteiger partial charge in [0, 0.05) is 6.04 Å². The SMILES string of the molecule is FC1CCCNC1C1CCCCCC1. The second-order valence-corrected chi connectivity index (χ2v) is 4.89. The van der Waals surface area contributed by atoms with Gasteiger partial charge in [0.15, 0.2) is 0 Å². The van der Waals surface area contributed by atoms with Crippen LogP contribution in [-0.2, 0) is 0 Å². The van der Waals surface area contributed by atoms with E-state index in [-0.39, 0.29) is 6.04 Å². The molecule has 2 aliphatic rings. The Labute approximate surface area is 86.5 Å². The smallest absolute Gasteiger partial charge is 0.116 e. The van der Waals surface area contributed by atoms with Crippen molar-refractivity contribution in [1.82, 2.24) is 5.32 Å². The van der Waals surface area contributed by atoms with Gasteiger partial charge in [-0.25, -0.2) is 4.39 Å². The van der Waals surface area contributed by atoms with Crippen LogP contribution >= 0.6 is 0 Å². The summed E-state index contributed by atoms with van der Waals surface area (Å²) in [4.78, 5) is 0. The second kappa shape index (κ2) is 5.11. The molecule has 0 aromatic heterocycles. The second-order valence-electron chi connectivity index (χ2n) is 4.89. The lowest BCUT2D eigenvalue weighted by Crippen LogP contribution is -2.47. The first-order chi connectivity index (χ1) is 6.88. The third-order valence-electron chi connectivity index (χ3n) is 3.83. The Morgan fingerprint density at radius 1 is 0.857 bits per heavy atom. The van der Waals surface area contributed by atoms with Crippen LogP contribution in [0.4, 0.5) is 4.39 Å². The van der Waals surface area contributed by atoms with Crippen LogP contribution in [0.1, 0.15) is 51.4 Å². The Kier molecular flexibility index (Phi) is 3.80. The number of piperidine rings is 1. The molecule has 0 aromatic carbocycles. The molecule has 2 rings (SSSR count). The highest BCUT2D eigenvalue weighted by molar-refractivity contribution is 4.87. The van der Waals surface area contributed by atoms with Gasteiger partial charge < -0.3 is 5.32 Å². The number of nitrogens with one attached hydrogen (secondary N) is 1. The van der Waals surface area contributed by atoms with E-state index in [4.69, 9.17) is 0 Å². The van der Waals surface area contributed by atoms with Crippen LogP contribution in [0.25, 0.3) is 0 Å². The van der Waals surface area contributed by atoms with Crippen molar-refractivity contribution in [3.05, 3.63) is 0 Å². The lowest BCUT2D eigenvalue weighted by Gasteiger charge is -2.33. The molecule has 0 amide bonds. The summed E-state index contributed by atoms with van der Waals surface area (Å²) in [5, 5.41) is 3.39. The molecule has 2 fully saturated rings. The van der Waals surface area contributed by atoms with Crippen LogP contribution < -0.4 is 5.32 Å². The van der Waals surface area contributed by atoms with Crippen LogP contribution in [0, 0.1) is 5.92 Å².